The maximum Gasteiger partial charge on any atom is 0.257 e. The number of fused-ring (bicyclic) bond motifs is 1. The monoisotopic (exact) mass is 349 g/mol. The molecule has 0 spiro atoms. The molecule has 3 aromatic rings. The van der Waals surface area contributed by atoms with Crippen molar-refractivity contribution in [3.8, 4) is 11.9 Å². The number of aromatic nitrogens is 3. The number of carbonyl (C=O) groups is 1. The van der Waals surface area contributed by atoms with Crippen molar-refractivity contribution in [1.82, 2.24) is 19.7 Å². The molecule has 0 fully saturated rings. The molecular formula is C18H15N5O3. The van der Waals surface area contributed by atoms with Gasteiger partial charge < -0.3 is 14.1 Å². The molecule has 8 nitrogen and oxygen atoms in total. The van der Waals surface area contributed by atoms with Crippen molar-refractivity contribution in [2.24, 2.45) is 0 Å². The van der Waals surface area contributed by atoms with Crippen molar-refractivity contribution < 1.29 is 13.9 Å². The topological polar surface area (TPSA) is 97.2 Å². The summed E-state index contributed by atoms with van der Waals surface area (Å²) in [5.41, 5.74) is 1.89. The smallest absolute Gasteiger partial charge is 0.257 e. The van der Waals surface area contributed by atoms with Crippen LogP contribution in [0, 0.1) is 11.3 Å². The van der Waals surface area contributed by atoms with E-state index in [1.807, 2.05) is 16.8 Å². The van der Waals surface area contributed by atoms with E-state index in [-0.39, 0.29) is 12.0 Å². The van der Waals surface area contributed by atoms with E-state index in [1.54, 1.807) is 29.3 Å². The number of carbonyl (C=O) groups excluding carboxylic acids is 1. The van der Waals surface area contributed by atoms with Crippen LogP contribution in [-0.2, 0) is 13.1 Å². The van der Waals surface area contributed by atoms with Gasteiger partial charge in [-0.3, -0.25) is 9.48 Å². The zero-order chi connectivity index (χ0) is 17.9. The molecule has 0 radical (unpaired) electrons. The highest BCUT2D eigenvalue weighted by Gasteiger charge is 2.28. The van der Waals surface area contributed by atoms with Crippen LogP contribution < -0.4 is 4.74 Å². The van der Waals surface area contributed by atoms with E-state index in [9.17, 15) is 4.79 Å². The van der Waals surface area contributed by atoms with E-state index >= 15 is 0 Å². The summed E-state index contributed by atoms with van der Waals surface area (Å²) in [5, 5.41) is 13.2. The molecule has 0 aromatic carbocycles. The van der Waals surface area contributed by atoms with Gasteiger partial charge in [0.15, 0.2) is 0 Å². The van der Waals surface area contributed by atoms with Crippen LogP contribution in [0.1, 0.15) is 21.6 Å². The first kappa shape index (κ1) is 15.9. The molecule has 130 valence electrons. The van der Waals surface area contributed by atoms with E-state index in [0.717, 1.165) is 5.69 Å². The molecule has 0 saturated heterocycles. The standard InChI is InChI=1S/C18H15N5O3/c19-7-13-1-2-17(20-8-13)26-16-10-22(18(24)14-4-6-25-12-14)9-15-3-5-21-23(15)11-16/h1-6,8,12,16H,9-11H2/t16-/m1/s1. The van der Waals surface area contributed by atoms with Crippen molar-refractivity contribution in [3.63, 3.8) is 0 Å². The Hall–Kier alpha value is -3.60. The van der Waals surface area contributed by atoms with E-state index in [0.29, 0.717) is 36.6 Å². The van der Waals surface area contributed by atoms with Gasteiger partial charge in [-0.25, -0.2) is 4.98 Å². The maximum atomic E-state index is 12.8. The SMILES string of the molecule is N#Cc1ccc(O[C@@H]2CN(C(=O)c3ccoc3)Cc3ccnn3C2)nc1. The Morgan fingerprint density at radius 1 is 1.31 bits per heavy atom. The maximum absolute atomic E-state index is 12.8. The molecule has 0 aliphatic carbocycles. The Labute approximate surface area is 149 Å². The van der Waals surface area contributed by atoms with E-state index in [2.05, 4.69) is 10.1 Å². The van der Waals surface area contributed by atoms with Crippen LogP contribution in [0.5, 0.6) is 5.88 Å². The molecule has 1 aliphatic heterocycles. The number of nitriles is 1. The Morgan fingerprint density at radius 2 is 2.23 bits per heavy atom. The van der Waals surface area contributed by atoms with Crippen LogP contribution in [0.2, 0.25) is 0 Å². The second kappa shape index (κ2) is 6.72. The van der Waals surface area contributed by atoms with Crippen LogP contribution in [0.15, 0.2) is 53.6 Å². The van der Waals surface area contributed by atoms with Crippen molar-refractivity contribution in [2.75, 3.05) is 6.54 Å². The normalized spacial score (nSPS) is 16.4. The minimum absolute atomic E-state index is 0.130. The molecule has 3 aromatic heterocycles. The highest BCUT2D eigenvalue weighted by atomic mass is 16.5. The van der Waals surface area contributed by atoms with Crippen molar-refractivity contribution >= 4 is 5.91 Å². The fourth-order valence-electron chi connectivity index (χ4n) is 2.90. The van der Waals surface area contributed by atoms with E-state index in [4.69, 9.17) is 14.4 Å². The van der Waals surface area contributed by atoms with Gasteiger partial charge in [-0.15, -0.1) is 0 Å². The van der Waals surface area contributed by atoms with Gasteiger partial charge in [-0.2, -0.15) is 10.4 Å². The molecule has 0 saturated carbocycles. The largest absolute Gasteiger partial charge is 0.472 e. The average molecular weight is 349 g/mol. The van der Waals surface area contributed by atoms with Crippen LogP contribution in [0.4, 0.5) is 0 Å². The Morgan fingerprint density at radius 3 is 2.96 bits per heavy atom. The average Bonchev–Trinajstić information content (AvgIpc) is 3.31. The third-order valence-electron chi connectivity index (χ3n) is 4.17. The van der Waals surface area contributed by atoms with Crippen LogP contribution in [0.25, 0.3) is 0 Å². The fraction of sp³-hybridized carbons (Fsp3) is 0.222. The van der Waals surface area contributed by atoms with Gasteiger partial charge in [0.1, 0.15) is 18.4 Å². The lowest BCUT2D eigenvalue weighted by atomic mass is 10.2. The molecule has 1 aliphatic rings. The summed E-state index contributed by atoms with van der Waals surface area (Å²) in [5.74, 6) is 0.273. The predicted octanol–water partition coefficient (Wildman–Crippen LogP) is 1.85. The van der Waals surface area contributed by atoms with Crippen LogP contribution in [-0.4, -0.2) is 38.2 Å². The van der Waals surface area contributed by atoms with Gasteiger partial charge in [-0.05, 0) is 18.2 Å². The number of ether oxygens (including phenoxy) is 1. The molecule has 26 heavy (non-hydrogen) atoms. The third-order valence-corrected chi connectivity index (χ3v) is 4.17. The molecule has 4 heterocycles. The highest BCUT2D eigenvalue weighted by molar-refractivity contribution is 5.93. The highest BCUT2D eigenvalue weighted by Crippen LogP contribution is 2.18. The summed E-state index contributed by atoms with van der Waals surface area (Å²) in [6, 6.07) is 8.84. The van der Waals surface area contributed by atoms with Crippen LogP contribution >= 0.6 is 0 Å². The first-order chi connectivity index (χ1) is 12.7. The first-order valence-electron chi connectivity index (χ1n) is 8.08. The minimum Gasteiger partial charge on any atom is -0.472 e. The molecule has 1 atom stereocenters. The number of pyridine rings is 1. The summed E-state index contributed by atoms with van der Waals surface area (Å²) < 4.78 is 12.8. The minimum atomic E-state index is -0.326. The number of hydrogen-bond acceptors (Lipinski definition) is 6. The third kappa shape index (κ3) is 3.15. The van der Waals surface area contributed by atoms with Gasteiger partial charge in [0.05, 0.1) is 42.7 Å². The Bertz CT molecular complexity index is 940. The predicted molar refractivity (Wildman–Crippen MR) is 89.0 cm³/mol. The van der Waals surface area contributed by atoms with Gasteiger partial charge in [0.25, 0.3) is 5.91 Å². The van der Waals surface area contributed by atoms with Gasteiger partial charge >= 0.3 is 0 Å². The fourth-order valence-corrected chi connectivity index (χ4v) is 2.90. The lowest BCUT2D eigenvalue weighted by molar-refractivity contribution is 0.0644. The van der Waals surface area contributed by atoms with Crippen molar-refractivity contribution in [2.45, 2.75) is 19.2 Å². The van der Waals surface area contributed by atoms with E-state index in [1.165, 1.54) is 18.7 Å². The number of rotatable bonds is 3. The molecule has 0 N–H and O–H groups in total. The lowest BCUT2D eigenvalue weighted by Crippen LogP contribution is -2.38. The van der Waals surface area contributed by atoms with E-state index < -0.39 is 0 Å². The summed E-state index contributed by atoms with van der Waals surface area (Å²) in [6.07, 6.45) is 5.75. The number of hydrogen-bond donors (Lipinski definition) is 0. The lowest BCUT2D eigenvalue weighted by Gasteiger charge is -2.24. The van der Waals surface area contributed by atoms with Crippen molar-refractivity contribution in [3.05, 3.63) is 66.0 Å². The zero-order valence-electron chi connectivity index (χ0n) is 13.8. The van der Waals surface area contributed by atoms with Crippen molar-refractivity contribution in [1.29, 1.82) is 5.26 Å². The summed E-state index contributed by atoms with van der Waals surface area (Å²) in [7, 11) is 0. The zero-order valence-corrected chi connectivity index (χ0v) is 13.8. The Balaban J connectivity index is 1.57. The molecule has 1 amide bonds. The molecular weight excluding hydrogens is 334 g/mol. The Kier molecular flexibility index (Phi) is 4.11. The summed E-state index contributed by atoms with van der Waals surface area (Å²) >= 11 is 0. The quantitative estimate of drug-likeness (QED) is 0.716. The second-order valence-electron chi connectivity index (χ2n) is 5.94. The summed E-state index contributed by atoms with van der Waals surface area (Å²) in [6.45, 7) is 1.32. The molecule has 0 bridgehead atoms. The van der Waals surface area contributed by atoms with Crippen LogP contribution in [0.3, 0.4) is 0 Å². The molecule has 8 heteroatoms. The number of nitrogens with zero attached hydrogens (tertiary/aromatic N) is 5. The number of amides is 1. The number of furan rings is 1. The van der Waals surface area contributed by atoms with Gasteiger partial charge in [0, 0.05) is 18.5 Å². The molecule has 0 unspecified atom stereocenters. The second-order valence-corrected chi connectivity index (χ2v) is 5.94. The summed E-state index contributed by atoms with van der Waals surface area (Å²) in [4.78, 5) is 18.6. The molecule has 4 rings (SSSR count). The van der Waals surface area contributed by atoms with Gasteiger partial charge in [0.2, 0.25) is 5.88 Å². The van der Waals surface area contributed by atoms with Gasteiger partial charge in [-0.1, -0.05) is 0 Å². The first-order valence-corrected chi connectivity index (χ1v) is 8.08.